The van der Waals surface area contributed by atoms with Crippen molar-refractivity contribution in [2.45, 2.75) is 78.3 Å². The van der Waals surface area contributed by atoms with Crippen molar-refractivity contribution >= 4 is 0 Å². The van der Waals surface area contributed by atoms with Gasteiger partial charge in [-0.2, -0.15) is 0 Å². The van der Waals surface area contributed by atoms with E-state index in [4.69, 9.17) is 0 Å². The molecule has 0 spiro atoms. The number of nitrogens with one attached hydrogen (secondary N) is 1. The average molecular weight is 254 g/mol. The van der Waals surface area contributed by atoms with Crippen LogP contribution in [0, 0.1) is 5.92 Å². The number of hydrogen-bond donors (Lipinski definition) is 1. The molecule has 0 aromatic heterocycles. The summed E-state index contributed by atoms with van der Waals surface area (Å²) in [6.45, 7) is 12.8. The highest BCUT2D eigenvalue weighted by atomic mass is 15.2. The van der Waals surface area contributed by atoms with Crippen LogP contribution in [0.2, 0.25) is 0 Å². The minimum Gasteiger partial charge on any atom is -0.315 e. The Morgan fingerprint density at radius 2 is 1.83 bits per heavy atom. The Labute approximate surface area is 115 Å². The number of hydrogen-bond acceptors (Lipinski definition) is 2. The van der Waals surface area contributed by atoms with Crippen molar-refractivity contribution in [1.29, 1.82) is 0 Å². The molecule has 2 nitrogen and oxygen atoms in total. The molecule has 0 aromatic rings. The van der Waals surface area contributed by atoms with Crippen molar-refractivity contribution < 1.29 is 0 Å². The van der Waals surface area contributed by atoms with Crippen molar-refractivity contribution in [3.63, 3.8) is 0 Å². The predicted octanol–water partition coefficient (Wildman–Crippen LogP) is 3.67. The molecule has 0 aliphatic heterocycles. The fraction of sp³-hybridized carbons (Fsp3) is 1.00. The average Bonchev–Trinajstić information content (AvgIpc) is 2.86. The Morgan fingerprint density at radius 3 is 2.33 bits per heavy atom. The molecule has 0 radical (unpaired) electrons. The van der Waals surface area contributed by atoms with Crippen molar-refractivity contribution in [3.8, 4) is 0 Å². The van der Waals surface area contributed by atoms with E-state index in [2.05, 4.69) is 37.9 Å². The molecular weight excluding hydrogens is 220 g/mol. The van der Waals surface area contributed by atoms with Crippen LogP contribution in [0.1, 0.15) is 66.2 Å². The molecule has 108 valence electrons. The summed E-state index contributed by atoms with van der Waals surface area (Å²) in [6, 6.07) is 1.61. The molecule has 0 amide bonds. The first-order valence-corrected chi connectivity index (χ1v) is 8.15. The highest BCUT2D eigenvalue weighted by Crippen LogP contribution is 2.26. The zero-order valence-electron chi connectivity index (χ0n) is 13.0. The Hall–Kier alpha value is -0.0800. The number of rotatable bonds is 9. The summed E-state index contributed by atoms with van der Waals surface area (Å²) in [5.41, 5.74) is 0. The van der Waals surface area contributed by atoms with E-state index in [0.717, 1.165) is 24.5 Å². The van der Waals surface area contributed by atoms with Gasteiger partial charge in [0, 0.05) is 18.6 Å². The van der Waals surface area contributed by atoms with Crippen LogP contribution < -0.4 is 5.32 Å². The third-order valence-corrected chi connectivity index (χ3v) is 4.33. The summed E-state index contributed by atoms with van der Waals surface area (Å²) in [7, 11) is 0. The minimum absolute atomic E-state index is 0.742. The van der Waals surface area contributed by atoms with Crippen molar-refractivity contribution in [1.82, 2.24) is 10.2 Å². The van der Waals surface area contributed by atoms with Gasteiger partial charge in [-0.3, -0.25) is 4.90 Å². The van der Waals surface area contributed by atoms with E-state index in [1.54, 1.807) is 0 Å². The molecule has 1 saturated carbocycles. The van der Waals surface area contributed by atoms with Crippen LogP contribution in [0.4, 0.5) is 0 Å². The second-order valence-electron chi connectivity index (χ2n) is 6.23. The molecule has 0 heterocycles. The molecule has 0 saturated heterocycles. The van der Waals surface area contributed by atoms with Gasteiger partial charge in [0.2, 0.25) is 0 Å². The first-order valence-electron chi connectivity index (χ1n) is 8.15. The quantitative estimate of drug-likeness (QED) is 0.675. The first-order chi connectivity index (χ1) is 8.69. The summed E-state index contributed by atoms with van der Waals surface area (Å²) >= 11 is 0. The summed E-state index contributed by atoms with van der Waals surface area (Å²) in [5, 5.41) is 3.55. The number of nitrogens with zero attached hydrogens (tertiary/aromatic N) is 1. The standard InChI is InChI=1S/C16H34N2/c1-5-15(13-17-6-2)18(12-11-14(3)4)16-9-7-8-10-16/h14-17H,5-13H2,1-4H3. The second-order valence-corrected chi connectivity index (χ2v) is 6.23. The largest absolute Gasteiger partial charge is 0.315 e. The predicted molar refractivity (Wildman–Crippen MR) is 81.0 cm³/mol. The second kappa shape index (κ2) is 8.92. The molecule has 1 aliphatic rings. The van der Waals surface area contributed by atoms with Gasteiger partial charge in [0.25, 0.3) is 0 Å². The van der Waals surface area contributed by atoms with Gasteiger partial charge in [0.05, 0.1) is 0 Å². The highest BCUT2D eigenvalue weighted by molar-refractivity contribution is 4.83. The Kier molecular flexibility index (Phi) is 7.92. The summed E-state index contributed by atoms with van der Waals surface area (Å²) in [5.74, 6) is 0.825. The van der Waals surface area contributed by atoms with Crippen LogP contribution in [0.25, 0.3) is 0 Å². The monoisotopic (exact) mass is 254 g/mol. The van der Waals surface area contributed by atoms with Crippen molar-refractivity contribution in [2.75, 3.05) is 19.6 Å². The van der Waals surface area contributed by atoms with Crippen molar-refractivity contribution in [2.24, 2.45) is 5.92 Å². The number of likely N-dealkylation sites (N-methyl/N-ethyl adjacent to an activating group) is 1. The third kappa shape index (κ3) is 5.27. The molecular formula is C16H34N2. The Balaban J connectivity index is 2.54. The fourth-order valence-corrected chi connectivity index (χ4v) is 3.11. The van der Waals surface area contributed by atoms with Crippen LogP contribution in [-0.2, 0) is 0 Å². The van der Waals surface area contributed by atoms with Crippen LogP contribution in [0.5, 0.6) is 0 Å². The van der Waals surface area contributed by atoms with Crippen LogP contribution in [-0.4, -0.2) is 36.6 Å². The molecule has 1 unspecified atom stereocenters. The van der Waals surface area contributed by atoms with Gasteiger partial charge < -0.3 is 5.32 Å². The van der Waals surface area contributed by atoms with Crippen LogP contribution in [0.15, 0.2) is 0 Å². The van der Waals surface area contributed by atoms with E-state index in [1.807, 2.05) is 0 Å². The lowest BCUT2D eigenvalue weighted by Gasteiger charge is -2.37. The molecule has 0 aromatic carbocycles. The summed E-state index contributed by atoms with van der Waals surface area (Å²) in [6.07, 6.45) is 8.38. The van der Waals surface area contributed by atoms with E-state index in [-0.39, 0.29) is 0 Å². The summed E-state index contributed by atoms with van der Waals surface area (Å²) < 4.78 is 0. The Bertz CT molecular complexity index is 197. The molecule has 0 bridgehead atoms. The molecule has 1 fully saturated rings. The van der Waals surface area contributed by atoms with E-state index < -0.39 is 0 Å². The zero-order chi connectivity index (χ0) is 13.4. The molecule has 1 aliphatic carbocycles. The van der Waals surface area contributed by atoms with Gasteiger partial charge in [-0.15, -0.1) is 0 Å². The molecule has 1 rings (SSSR count). The minimum atomic E-state index is 0.742. The SMILES string of the molecule is CCNCC(CC)N(CCC(C)C)C1CCCC1. The van der Waals surface area contributed by atoms with Crippen molar-refractivity contribution in [3.05, 3.63) is 0 Å². The topological polar surface area (TPSA) is 15.3 Å². The molecule has 18 heavy (non-hydrogen) atoms. The Morgan fingerprint density at radius 1 is 1.17 bits per heavy atom. The smallest absolute Gasteiger partial charge is 0.0220 e. The lowest BCUT2D eigenvalue weighted by Crippen LogP contribution is -2.47. The maximum absolute atomic E-state index is 3.55. The van der Waals surface area contributed by atoms with Gasteiger partial charge in [-0.25, -0.2) is 0 Å². The first kappa shape index (κ1) is 16.0. The molecule has 1 atom stereocenters. The normalized spacial score (nSPS) is 19.0. The van der Waals surface area contributed by atoms with Gasteiger partial charge in [-0.1, -0.05) is 40.5 Å². The van der Waals surface area contributed by atoms with Gasteiger partial charge in [0.15, 0.2) is 0 Å². The third-order valence-electron chi connectivity index (χ3n) is 4.33. The van der Waals surface area contributed by atoms with Gasteiger partial charge in [0.1, 0.15) is 0 Å². The van der Waals surface area contributed by atoms with E-state index in [1.165, 1.54) is 51.6 Å². The van der Waals surface area contributed by atoms with Gasteiger partial charge in [-0.05, 0) is 44.7 Å². The van der Waals surface area contributed by atoms with E-state index in [9.17, 15) is 0 Å². The van der Waals surface area contributed by atoms with E-state index >= 15 is 0 Å². The van der Waals surface area contributed by atoms with Gasteiger partial charge >= 0.3 is 0 Å². The summed E-state index contributed by atoms with van der Waals surface area (Å²) in [4.78, 5) is 2.83. The van der Waals surface area contributed by atoms with Crippen LogP contribution in [0.3, 0.4) is 0 Å². The highest BCUT2D eigenvalue weighted by Gasteiger charge is 2.27. The zero-order valence-corrected chi connectivity index (χ0v) is 13.0. The van der Waals surface area contributed by atoms with Crippen LogP contribution >= 0.6 is 0 Å². The lowest BCUT2D eigenvalue weighted by molar-refractivity contribution is 0.122. The lowest BCUT2D eigenvalue weighted by atomic mass is 10.0. The maximum atomic E-state index is 3.55. The molecule has 2 heteroatoms. The molecule has 1 N–H and O–H groups in total. The fourth-order valence-electron chi connectivity index (χ4n) is 3.11. The van der Waals surface area contributed by atoms with E-state index in [0.29, 0.717) is 0 Å². The maximum Gasteiger partial charge on any atom is 0.0220 e.